The fourth-order valence-corrected chi connectivity index (χ4v) is 4.31. The van der Waals surface area contributed by atoms with Gasteiger partial charge in [-0.1, -0.05) is 48.2 Å². The minimum Gasteiger partial charge on any atom is -0.115 e. The average Bonchev–Trinajstić information content (AvgIpc) is 3.18. The molecule has 0 fully saturated rings. The topological polar surface area (TPSA) is 0 Å². The molecule has 5 rings (SSSR count). The molecule has 0 nitrogen and oxygen atoms in total. The Balaban J connectivity index is 1.83. The number of benzene rings is 3. The fourth-order valence-electron chi connectivity index (χ4n) is 4.31. The zero-order chi connectivity index (χ0) is 17.0. The van der Waals surface area contributed by atoms with E-state index in [0.717, 1.165) is 24.0 Å². The standard InChI is InChI=1S/C25H16/c1-3-7-17-15-23-21(12-16(17)4-2)14-20-11-10-19-13-18-8-5-6-9-22(18)24(19)25(20)23/h2,5-6,8-12,15H,13-14H2,1H3. The van der Waals surface area contributed by atoms with Crippen LogP contribution in [0.25, 0.3) is 22.3 Å². The lowest BCUT2D eigenvalue weighted by Gasteiger charge is -2.11. The maximum Gasteiger partial charge on any atom is 0.0408 e. The molecule has 2 aliphatic carbocycles. The van der Waals surface area contributed by atoms with Gasteiger partial charge in [-0.25, -0.2) is 0 Å². The molecule has 0 N–H and O–H groups in total. The van der Waals surface area contributed by atoms with Crippen LogP contribution in [-0.4, -0.2) is 0 Å². The van der Waals surface area contributed by atoms with Crippen molar-refractivity contribution >= 4 is 0 Å². The van der Waals surface area contributed by atoms with Gasteiger partial charge in [-0.15, -0.1) is 12.3 Å². The number of rotatable bonds is 0. The fraction of sp³-hybridized carbons (Fsp3) is 0.120. The van der Waals surface area contributed by atoms with Crippen LogP contribution in [0.1, 0.15) is 40.3 Å². The smallest absolute Gasteiger partial charge is 0.0408 e. The molecule has 0 aromatic heterocycles. The van der Waals surface area contributed by atoms with Crippen molar-refractivity contribution in [3.8, 4) is 46.4 Å². The van der Waals surface area contributed by atoms with E-state index in [1.165, 1.54) is 44.5 Å². The van der Waals surface area contributed by atoms with Crippen LogP contribution in [0, 0.1) is 24.2 Å². The van der Waals surface area contributed by atoms with Crippen molar-refractivity contribution in [2.24, 2.45) is 0 Å². The van der Waals surface area contributed by atoms with Crippen LogP contribution in [0.5, 0.6) is 0 Å². The highest BCUT2D eigenvalue weighted by molar-refractivity contribution is 5.95. The van der Waals surface area contributed by atoms with Crippen molar-refractivity contribution in [1.29, 1.82) is 0 Å². The molecule has 25 heavy (non-hydrogen) atoms. The second kappa shape index (κ2) is 5.14. The Morgan fingerprint density at radius 2 is 1.48 bits per heavy atom. The Morgan fingerprint density at radius 1 is 0.760 bits per heavy atom. The molecular weight excluding hydrogens is 300 g/mol. The molecular formula is C25H16. The second-order valence-electron chi connectivity index (χ2n) is 6.72. The first-order valence-corrected chi connectivity index (χ1v) is 8.60. The molecule has 0 unspecified atom stereocenters. The van der Waals surface area contributed by atoms with E-state index in [4.69, 9.17) is 6.42 Å². The summed E-state index contributed by atoms with van der Waals surface area (Å²) in [6.07, 6.45) is 7.69. The molecule has 2 aliphatic rings. The zero-order valence-electron chi connectivity index (χ0n) is 14.1. The van der Waals surface area contributed by atoms with E-state index in [1.807, 2.05) is 6.92 Å². The minimum absolute atomic E-state index is 0.901. The lowest BCUT2D eigenvalue weighted by atomic mass is 9.92. The van der Waals surface area contributed by atoms with Gasteiger partial charge in [-0.3, -0.25) is 0 Å². The normalized spacial score (nSPS) is 12.3. The number of fused-ring (bicyclic) bond motifs is 7. The maximum atomic E-state index is 5.72. The molecule has 0 spiro atoms. The second-order valence-corrected chi connectivity index (χ2v) is 6.72. The quantitative estimate of drug-likeness (QED) is 0.345. The van der Waals surface area contributed by atoms with E-state index in [1.54, 1.807) is 0 Å². The first-order valence-electron chi connectivity index (χ1n) is 8.60. The predicted molar refractivity (Wildman–Crippen MR) is 103 cm³/mol. The molecule has 0 atom stereocenters. The molecule has 0 aliphatic heterocycles. The third kappa shape index (κ3) is 1.92. The van der Waals surface area contributed by atoms with Crippen LogP contribution >= 0.6 is 0 Å². The summed E-state index contributed by atoms with van der Waals surface area (Å²) in [6, 6.07) is 17.7. The molecule has 0 heteroatoms. The largest absolute Gasteiger partial charge is 0.115 e. The van der Waals surface area contributed by atoms with Crippen molar-refractivity contribution < 1.29 is 0 Å². The van der Waals surface area contributed by atoms with Gasteiger partial charge in [-0.05, 0) is 76.4 Å². The Kier molecular flexibility index (Phi) is 2.91. The average molecular weight is 316 g/mol. The number of hydrogen-bond acceptors (Lipinski definition) is 0. The molecule has 0 bridgehead atoms. The summed E-state index contributed by atoms with van der Waals surface area (Å²) in [7, 11) is 0. The van der Waals surface area contributed by atoms with Gasteiger partial charge in [0.1, 0.15) is 0 Å². The number of hydrogen-bond donors (Lipinski definition) is 0. The molecule has 3 aromatic rings. The van der Waals surface area contributed by atoms with E-state index in [-0.39, 0.29) is 0 Å². The Hall–Kier alpha value is -3.22. The Morgan fingerprint density at radius 3 is 2.24 bits per heavy atom. The predicted octanol–water partition coefficient (Wildman–Crippen LogP) is 5.18. The third-order valence-corrected chi connectivity index (χ3v) is 5.35. The van der Waals surface area contributed by atoms with E-state index in [2.05, 4.69) is 66.3 Å². The van der Waals surface area contributed by atoms with Crippen molar-refractivity contribution in [3.05, 3.63) is 81.9 Å². The highest BCUT2D eigenvalue weighted by Crippen LogP contribution is 2.49. The molecule has 0 saturated heterocycles. The summed E-state index contributed by atoms with van der Waals surface area (Å²) in [5.74, 6) is 8.98. The lowest BCUT2D eigenvalue weighted by molar-refractivity contribution is 1.23. The van der Waals surface area contributed by atoms with Crippen LogP contribution < -0.4 is 0 Å². The van der Waals surface area contributed by atoms with E-state index in [9.17, 15) is 0 Å². The summed E-state index contributed by atoms with van der Waals surface area (Å²) in [5.41, 5.74) is 12.9. The summed E-state index contributed by atoms with van der Waals surface area (Å²) in [6.45, 7) is 1.86. The molecule has 0 amide bonds. The summed E-state index contributed by atoms with van der Waals surface area (Å²) < 4.78 is 0. The van der Waals surface area contributed by atoms with E-state index in [0.29, 0.717) is 0 Å². The van der Waals surface area contributed by atoms with Crippen LogP contribution in [0.4, 0.5) is 0 Å². The Labute approximate surface area is 148 Å². The van der Waals surface area contributed by atoms with Gasteiger partial charge in [0, 0.05) is 11.1 Å². The minimum atomic E-state index is 0.901. The van der Waals surface area contributed by atoms with Crippen molar-refractivity contribution in [3.63, 3.8) is 0 Å². The lowest BCUT2D eigenvalue weighted by Crippen LogP contribution is -1.90. The van der Waals surface area contributed by atoms with Gasteiger partial charge < -0.3 is 0 Å². The van der Waals surface area contributed by atoms with Crippen LogP contribution in [0.3, 0.4) is 0 Å². The van der Waals surface area contributed by atoms with Gasteiger partial charge >= 0.3 is 0 Å². The SMILES string of the molecule is C#Cc1cc2c(cc1C#CC)-c1c(ccc3c1-c1ccccc1C3)C2. The summed E-state index contributed by atoms with van der Waals surface area (Å²) in [5, 5.41) is 0. The first-order chi connectivity index (χ1) is 12.3. The molecule has 0 saturated carbocycles. The highest BCUT2D eigenvalue weighted by atomic mass is 14.3. The zero-order valence-corrected chi connectivity index (χ0v) is 14.1. The van der Waals surface area contributed by atoms with Gasteiger partial charge in [0.2, 0.25) is 0 Å². The first kappa shape index (κ1) is 14.2. The van der Waals surface area contributed by atoms with Gasteiger partial charge in [0.25, 0.3) is 0 Å². The van der Waals surface area contributed by atoms with Crippen LogP contribution in [0.15, 0.2) is 48.5 Å². The molecule has 0 radical (unpaired) electrons. The Bertz CT molecular complexity index is 1160. The van der Waals surface area contributed by atoms with Crippen molar-refractivity contribution in [2.75, 3.05) is 0 Å². The maximum absolute atomic E-state index is 5.72. The van der Waals surface area contributed by atoms with Crippen molar-refractivity contribution in [2.45, 2.75) is 19.8 Å². The van der Waals surface area contributed by atoms with E-state index >= 15 is 0 Å². The number of terminal acetylenes is 1. The van der Waals surface area contributed by atoms with Gasteiger partial charge in [-0.2, -0.15) is 0 Å². The van der Waals surface area contributed by atoms with Crippen molar-refractivity contribution in [1.82, 2.24) is 0 Å². The monoisotopic (exact) mass is 316 g/mol. The molecule has 116 valence electrons. The molecule has 3 aromatic carbocycles. The summed E-state index contributed by atoms with van der Waals surface area (Å²) >= 11 is 0. The van der Waals surface area contributed by atoms with Gasteiger partial charge in [0.15, 0.2) is 0 Å². The van der Waals surface area contributed by atoms with Crippen LogP contribution in [0.2, 0.25) is 0 Å². The summed E-state index contributed by atoms with van der Waals surface area (Å²) in [4.78, 5) is 0. The van der Waals surface area contributed by atoms with E-state index < -0.39 is 0 Å². The van der Waals surface area contributed by atoms with Crippen LogP contribution in [-0.2, 0) is 12.8 Å². The highest BCUT2D eigenvalue weighted by Gasteiger charge is 2.29. The van der Waals surface area contributed by atoms with Gasteiger partial charge in [0.05, 0.1) is 0 Å². The third-order valence-electron chi connectivity index (χ3n) is 5.35. The molecule has 0 heterocycles.